The highest BCUT2D eigenvalue weighted by atomic mass is 16.7. The molecule has 0 aliphatic carbocycles. The molecule has 164 valence electrons. The molecule has 0 amide bonds. The van der Waals surface area contributed by atoms with Crippen molar-refractivity contribution in [1.29, 1.82) is 0 Å². The summed E-state index contributed by atoms with van der Waals surface area (Å²) in [6.45, 7) is 2.81. The van der Waals surface area contributed by atoms with Gasteiger partial charge in [0.15, 0.2) is 23.0 Å². The predicted molar refractivity (Wildman–Crippen MR) is 122 cm³/mol. The van der Waals surface area contributed by atoms with E-state index in [4.69, 9.17) is 18.9 Å². The maximum Gasteiger partial charge on any atom is 0.231 e. The monoisotopic (exact) mass is 429 g/mol. The Labute approximate surface area is 188 Å². The van der Waals surface area contributed by atoms with Crippen molar-refractivity contribution < 1.29 is 18.9 Å². The van der Waals surface area contributed by atoms with Crippen LogP contribution in [0.2, 0.25) is 0 Å². The number of aryl methyl sites for hydroxylation is 1. The summed E-state index contributed by atoms with van der Waals surface area (Å²) in [5.41, 5.74) is 6.62. The number of fused-ring (bicyclic) bond motifs is 5. The fourth-order valence-corrected chi connectivity index (χ4v) is 5.21. The maximum atomic E-state index is 6.19. The van der Waals surface area contributed by atoms with Crippen LogP contribution in [0.15, 0.2) is 54.6 Å². The average Bonchev–Trinajstić information content (AvgIpc) is 3.21. The normalized spacial score (nSPS) is 18.8. The Kier molecular flexibility index (Phi) is 4.91. The van der Waals surface area contributed by atoms with Crippen LogP contribution in [0.4, 0.5) is 0 Å². The first kappa shape index (κ1) is 19.5. The van der Waals surface area contributed by atoms with E-state index in [1.54, 1.807) is 7.11 Å². The van der Waals surface area contributed by atoms with Crippen molar-refractivity contribution in [2.45, 2.75) is 38.5 Å². The molecular weight excluding hydrogens is 402 g/mol. The quantitative estimate of drug-likeness (QED) is 0.581. The number of rotatable bonds is 4. The summed E-state index contributed by atoms with van der Waals surface area (Å²) in [6, 6.07) is 19.4. The number of methoxy groups -OCH3 is 1. The third kappa shape index (κ3) is 3.47. The summed E-state index contributed by atoms with van der Waals surface area (Å²) in [5, 5.41) is 0. The zero-order valence-corrected chi connectivity index (χ0v) is 18.3. The molecule has 32 heavy (non-hydrogen) atoms. The van der Waals surface area contributed by atoms with Gasteiger partial charge in [-0.3, -0.25) is 4.90 Å². The van der Waals surface area contributed by atoms with E-state index in [9.17, 15) is 0 Å². The highest BCUT2D eigenvalue weighted by Crippen LogP contribution is 2.44. The molecule has 3 aromatic rings. The van der Waals surface area contributed by atoms with Gasteiger partial charge in [-0.25, -0.2) is 0 Å². The molecule has 0 saturated carbocycles. The van der Waals surface area contributed by atoms with Crippen LogP contribution in [0.1, 0.15) is 40.3 Å². The molecule has 0 aromatic heterocycles. The van der Waals surface area contributed by atoms with E-state index in [2.05, 4.69) is 41.3 Å². The van der Waals surface area contributed by atoms with Crippen molar-refractivity contribution in [3.63, 3.8) is 0 Å². The van der Waals surface area contributed by atoms with E-state index in [0.717, 1.165) is 60.9 Å². The minimum absolute atomic E-state index is 0.323. The number of benzene rings is 3. The van der Waals surface area contributed by atoms with Gasteiger partial charge in [0.05, 0.1) is 7.11 Å². The van der Waals surface area contributed by atoms with Crippen LogP contribution >= 0.6 is 0 Å². The average molecular weight is 430 g/mol. The first-order valence-electron chi connectivity index (χ1n) is 11.3. The lowest BCUT2D eigenvalue weighted by atomic mass is 9.89. The van der Waals surface area contributed by atoms with E-state index in [0.29, 0.717) is 19.4 Å². The minimum atomic E-state index is 0.323. The zero-order valence-electron chi connectivity index (χ0n) is 18.3. The first-order chi connectivity index (χ1) is 15.8. The summed E-state index contributed by atoms with van der Waals surface area (Å²) in [4.78, 5) is 2.60. The smallest absolute Gasteiger partial charge is 0.231 e. The molecule has 3 aliphatic heterocycles. The van der Waals surface area contributed by atoms with Crippen molar-refractivity contribution in [3.8, 4) is 23.0 Å². The standard InChI is InChI=1S/C27H27NO4/c1-29-24-11-19-7-8-23-22-14-27-26(31-17-32-27)12-20(22)9-10-28(23)15-21(19)13-25(24)30-16-18-5-3-2-4-6-18/h2-6,11-14,23H,7-10,15-17H2,1H3/t23-/m0/s1. The lowest BCUT2D eigenvalue weighted by molar-refractivity contribution is 0.172. The van der Waals surface area contributed by atoms with Crippen LogP contribution in [0.25, 0.3) is 0 Å². The Morgan fingerprint density at radius 3 is 2.56 bits per heavy atom. The molecule has 0 radical (unpaired) electrons. The molecule has 3 aliphatic rings. The fourth-order valence-electron chi connectivity index (χ4n) is 5.21. The van der Waals surface area contributed by atoms with Gasteiger partial charge in [-0.15, -0.1) is 0 Å². The van der Waals surface area contributed by atoms with Gasteiger partial charge in [0, 0.05) is 19.1 Å². The van der Waals surface area contributed by atoms with Crippen LogP contribution in [-0.4, -0.2) is 25.3 Å². The first-order valence-corrected chi connectivity index (χ1v) is 11.3. The Morgan fingerprint density at radius 2 is 1.72 bits per heavy atom. The van der Waals surface area contributed by atoms with Gasteiger partial charge < -0.3 is 18.9 Å². The summed E-state index contributed by atoms with van der Waals surface area (Å²) in [5.74, 6) is 3.39. The lowest BCUT2D eigenvalue weighted by Crippen LogP contribution is -2.34. The van der Waals surface area contributed by atoms with Crippen LogP contribution < -0.4 is 18.9 Å². The van der Waals surface area contributed by atoms with Crippen LogP contribution in [-0.2, 0) is 26.0 Å². The summed E-state index contributed by atoms with van der Waals surface area (Å²) < 4.78 is 23.2. The van der Waals surface area contributed by atoms with Crippen molar-refractivity contribution in [2.24, 2.45) is 0 Å². The Morgan fingerprint density at radius 1 is 0.906 bits per heavy atom. The highest BCUT2D eigenvalue weighted by molar-refractivity contribution is 5.52. The number of hydrogen-bond acceptors (Lipinski definition) is 5. The molecule has 1 atom stereocenters. The van der Waals surface area contributed by atoms with E-state index in [1.165, 1.54) is 22.3 Å². The molecule has 3 aromatic carbocycles. The number of ether oxygens (including phenoxy) is 4. The molecule has 0 unspecified atom stereocenters. The van der Waals surface area contributed by atoms with Gasteiger partial charge in [-0.05, 0) is 71.3 Å². The molecule has 3 heterocycles. The van der Waals surface area contributed by atoms with Gasteiger partial charge in [-0.1, -0.05) is 30.3 Å². The molecular formula is C27H27NO4. The highest BCUT2D eigenvalue weighted by Gasteiger charge is 2.32. The molecule has 0 spiro atoms. The number of hydrogen-bond donors (Lipinski definition) is 0. The fraction of sp³-hybridized carbons (Fsp3) is 0.333. The summed E-state index contributed by atoms with van der Waals surface area (Å²) in [6.07, 6.45) is 3.12. The molecule has 6 rings (SSSR count). The van der Waals surface area contributed by atoms with Crippen LogP contribution in [0, 0.1) is 0 Å². The zero-order chi connectivity index (χ0) is 21.5. The van der Waals surface area contributed by atoms with Gasteiger partial charge in [0.2, 0.25) is 6.79 Å². The SMILES string of the molecule is COc1cc2c(cc1OCc1ccccc1)CN1CCc3cc4c(cc3[C@@H]1CC2)OCO4. The van der Waals surface area contributed by atoms with Gasteiger partial charge in [-0.2, -0.15) is 0 Å². The van der Waals surface area contributed by atoms with Crippen molar-refractivity contribution >= 4 is 0 Å². The van der Waals surface area contributed by atoms with Crippen LogP contribution in [0.5, 0.6) is 23.0 Å². The predicted octanol–water partition coefficient (Wildman–Crippen LogP) is 5.05. The second-order valence-electron chi connectivity index (χ2n) is 8.73. The third-order valence-corrected chi connectivity index (χ3v) is 6.89. The van der Waals surface area contributed by atoms with E-state index in [1.807, 2.05) is 18.2 Å². The Bertz CT molecular complexity index is 1140. The number of nitrogens with zero attached hydrogens (tertiary/aromatic N) is 1. The third-order valence-electron chi connectivity index (χ3n) is 6.89. The topological polar surface area (TPSA) is 40.2 Å². The largest absolute Gasteiger partial charge is 0.493 e. The van der Waals surface area contributed by atoms with Crippen molar-refractivity contribution in [3.05, 3.63) is 82.4 Å². The Balaban J connectivity index is 1.28. The second kappa shape index (κ2) is 8.06. The molecule has 0 bridgehead atoms. The van der Waals surface area contributed by atoms with Crippen molar-refractivity contribution in [1.82, 2.24) is 4.90 Å². The summed E-state index contributed by atoms with van der Waals surface area (Å²) >= 11 is 0. The van der Waals surface area contributed by atoms with E-state index >= 15 is 0 Å². The maximum absolute atomic E-state index is 6.19. The molecule has 5 heteroatoms. The summed E-state index contributed by atoms with van der Waals surface area (Å²) in [7, 11) is 1.72. The lowest BCUT2D eigenvalue weighted by Gasteiger charge is -2.36. The second-order valence-corrected chi connectivity index (χ2v) is 8.73. The molecule has 5 nitrogen and oxygen atoms in total. The van der Waals surface area contributed by atoms with E-state index < -0.39 is 0 Å². The van der Waals surface area contributed by atoms with E-state index in [-0.39, 0.29) is 0 Å². The van der Waals surface area contributed by atoms with Gasteiger partial charge in [0.25, 0.3) is 0 Å². The van der Waals surface area contributed by atoms with Gasteiger partial charge >= 0.3 is 0 Å². The molecule has 0 saturated heterocycles. The van der Waals surface area contributed by atoms with Gasteiger partial charge in [0.1, 0.15) is 6.61 Å². The Hall–Kier alpha value is -3.18. The minimum Gasteiger partial charge on any atom is -0.493 e. The van der Waals surface area contributed by atoms with Crippen LogP contribution in [0.3, 0.4) is 0 Å². The molecule has 0 fully saturated rings. The molecule has 0 N–H and O–H groups in total. The van der Waals surface area contributed by atoms with Crippen molar-refractivity contribution in [2.75, 3.05) is 20.4 Å².